The summed E-state index contributed by atoms with van der Waals surface area (Å²) in [6.45, 7) is 2.03. The summed E-state index contributed by atoms with van der Waals surface area (Å²) in [5.41, 5.74) is -1.88. The quantitative estimate of drug-likeness (QED) is 0.580. The molecule has 6 nitrogen and oxygen atoms in total. The third-order valence-corrected chi connectivity index (χ3v) is 6.32. The smallest absolute Gasteiger partial charge is 0.329 e. The first kappa shape index (κ1) is 23.8. The van der Waals surface area contributed by atoms with Gasteiger partial charge in [0.05, 0.1) is 19.8 Å². The minimum atomic E-state index is -1.39. The molecule has 0 unspecified atom stereocenters. The number of nitrogens with one attached hydrogen (secondary N) is 1. The number of methoxy groups -OCH3 is 2. The molecule has 3 rings (SSSR count). The Balaban J connectivity index is 2.03. The molecule has 1 aliphatic carbocycles. The molecule has 32 heavy (non-hydrogen) atoms. The lowest BCUT2D eigenvalue weighted by Crippen LogP contribution is -2.56. The van der Waals surface area contributed by atoms with Crippen LogP contribution in [-0.2, 0) is 4.79 Å². The van der Waals surface area contributed by atoms with Crippen molar-refractivity contribution >= 4 is 23.5 Å². The van der Waals surface area contributed by atoms with E-state index in [1.807, 2.05) is 6.92 Å². The highest BCUT2D eigenvalue weighted by atomic mass is 35.5. The van der Waals surface area contributed by atoms with Crippen molar-refractivity contribution in [1.29, 1.82) is 0 Å². The van der Waals surface area contributed by atoms with E-state index in [4.69, 9.17) is 21.1 Å². The van der Waals surface area contributed by atoms with E-state index in [0.717, 1.165) is 6.07 Å². The molecule has 0 radical (unpaired) electrons. The van der Waals surface area contributed by atoms with E-state index < -0.39 is 39.6 Å². The predicted octanol–water partition coefficient (Wildman–Crippen LogP) is 5.07. The number of benzene rings is 2. The molecule has 1 fully saturated rings. The monoisotopic (exact) mass is 467 g/mol. The fraction of sp³-hybridized carbons (Fsp3) is 0.391. The summed E-state index contributed by atoms with van der Waals surface area (Å²) < 4.78 is 39.8. The molecule has 0 atom stereocenters. The minimum absolute atomic E-state index is 0.0331. The second-order valence-corrected chi connectivity index (χ2v) is 8.38. The van der Waals surface area contributed by atoms with Gasteiger partial charge in [-0.25, -0.2) is 13.6 Å². The van der Waals surface area contributed by atoms with Crippen molar-refractivity contribution in [2.75, 3.05) is 14.2 Å². The number of aliphatic carboxylic acids is 1. The van der Waals surface area contributed by atoms with E-state index in [1.54, 1.807) is 0 Å². The zero-order valence-corrected chi connectivity index (χ0v) is 18.7. The van der Waals surface area contributed by atoms with Crippen LogP contribution in [-0.4, -0.2) is 36.7 Å². The molecule has 1 aliphatic rings. The van der Waals surface area contributed by atoms with Crippen LogP contribution < -0.4 is 14.8 Å². The highest BCUT2D eigenvalue weighted by Gasteiger charge is 2.42. The Morgan fingerprint density at radius 2 is 1.75 bits per heavy atom. The maximum Gasteiger partial charge on any atom is 0.329 e. The van der Waals surface area contributed by atoms with Gasteiger partial charge in [0.15, 0.2) is 5.82 Å². The summed E-state index contributed by atoms with van der Waals surface area (Å²) >= 11 is 5.96. The molecule has 0 spiro atoms. The summed E-state index contributed by atoms with van der Waals surface area (Å²) in [7, 11) is 2.55. The topological polar surface area (TPSA) is 84.9 Å². The maximum absolute atomic E-state index is 14.9. The van der Waals surface area contributed by atoms with Crippen molar-refractivity contribution < 1.29 is 33.0 Å². The Morgan fingerprint density at radius 3 is 2.31 bits per heavy atom. The lowest BCUT2D eigenvalue weighted by atomic mass is 9.77. The van der Waals surface area contributed by atoms with E-state index in [2.05, 4.69) is 5.32 Å². The van der Waals surface area contributed by atoms with Gasteiger partial charge in [-0.05, 0) is 49.8 Å². The largest absolute Gasteiger partial charge is 0.496 e. The van der Waals surface area contributed by atoms with Gasteiger partial charge in [0.2, 0.25) is 0 Å². The number of carboxylic acids is 1. The number of carboxylic acid groups (broad SMARTS) is 1. The van der Waals surface area contributed by atoms with Crippen LogP contribution in [0.3, 0.4) is 0 Å². The third kappa shape index (κ3) is 4.37. The molecule has 172 valence electrons. The molecule has 1 amide bonds. The molecular formula is C23H24ClF2NO5. The molecule has 1 saturated carbocycles. The van der Waals surface area contributed by atoms with Gasteiger partial charge in [0, 0.05) is 17.2 Å². The first-order valence-corrected chi connectivity index (χ1v) is 10.5. The summed E-state index contributed by atoms with van der Waals surface area (Å²) in [6, 6.07) is 4.98. The van der Waals surface area contributed by atoms with Crippen molar-refractivity contribution in [2.24, 2.45) is 5.92 Å². The number of hydrogen-bond acceptors (Lipinski definition) is 4. The molecular weight excluding hydrogens is 444 g/mol. The number of halogens is 3. The van der Waals surface area contributed by atoms with E-state index in [9.17, 15) is 23.5 Å². The van der Waals surface area contributed by atoms with Crippen molar-refractivity contribution in [3.8, 4) is 22.6 Å². The van der Waals surface area contributed by atoms with Crippen molar-refractivity contribution in [3.05, 3.63) is 46.5 Å². The van der Waals surface area contributed by atoms with E-state index in [0.29, 0.717) is 31.6 Å². The van der Waals surface area contributed by atoms with Crippen LogP contribution >= 0.6 is 11.6 Å². The number of carbonyl (C=O) groups is 2. The lowest BCUT2D eigenvalue weighted by molar-refractivity contribution is -0.146. The van der Waals surface area contributed by atoms with Crippen LogP contribution in [0.1, 0.15) is 43.0 Å². The van der Waals surface area contributed by atoms with Gasteiger partial charge in [-0.3, -0.25) is 4.79 Å². The molecule has 0 heterocycles. The molecule has 0 bridgehead atoms. The number of carbonyl (C=O) groups excluding carboxylic acids is 1. The zero-order valence-electron chi connectivity index (χ0n) is 17.9. The number of amides is 1. The average molecular weight is 468 g/mol. The maximum atomic E-state index is 14.9. The highest BCUT2D eigenvalue weighted by Crippen LogP contribution is 2.41. The molecule has 9 heteroatoms. The summed E-state index contributed by atoms with van der Waals surface area (Å²) in [5, 5.41) is 12.0. The van der Waals surface area contributed by atoms with Crippen LogP contribution in [0.15, 0.2) is 24.3 Å². The Morgan fingerprint density at radius 1 is 1.12 bits per heavy atom. The molecule has 0 saturated heterocycles. The highest BCUT2D eigenvalue weighted by molar-refractivity contribution is 6.32. The van der Waals surface area contributed by atoms with E-state index >= 15 is 0 Å². The molecule has 2 aromatic carbocycles. The molecule has 2 aromatic rings. The van der Waals surface area contributed by atoms with Crippen molar-refractivity contribution in [2.45, 2.75) is 38.1 Å². The Bertz CT molecular complexity index is 1050. The number of rotatable bonds is 6. The number of hydrogen-bond donors (Lipinski definition) is 2. The Labute approximate surface area is 189 Å². The normalized spacial score (nSPS) is 20.5. The molecule has 2 N–H and O–H groups in total. The SMILES string of the molecule is COc1ccc(C(=O)NC2(C(=O)O)CCC(C)CC2)cc1-c1c(F)cc(OC)c(Cl)c1F. The minimum Gasteiger partial charge on any atom is -0.496 e. The Hall–Kier alpha value is -2.87. The summed E-state index contributed by atoms with van der Waals surface area (Å²) in [4.78, 5) is 24.9. The van der Waals surface area contributed by atoms with Crippen LogP contribution in [0.5, 0.6) is 11.5 Å². The van der Waals surface area contributed by atoms with Gasteiger partial charge >= 0.3 is 5.97 Å². The summed E-state index contributed by atoms with van der Waals surface area (Å²) in [5.74, 6) is -3.48. The second-order valence-electron chi connectivity index (χ2n) is 8.00. The van der Waals surface area contributed by atoms with Crippen LogP contribution in [0.4, 0.5) is 8.78 Å². The van der Waals surface area contributed by atoms with E-state index in [1.165, 1.54) is 32.4 Å². The number of ether oxygens (including phenoxy) is 2. The van der Waals surface area contributed by atoms with Crippen molar-refractivity contribution in [1.82, 2.24) is 5.32 Å². The lowest BCUT2D eigenvalue weighted by Gasteiger charge is -2.36. The zero-order chi connectivity index (χ0) is 23.6. The third-order valence-electron chi connectivity index (χ3n) is 5.97. The van der Waals surface area contributed by atoms with Gasteiger partial charge in [-0.1, -0.05) is 18.5 Å². The predicted molar refractivity (Wildman–Crippen MR) is 115 cm³/mol. The fourth-order valence-electron chi connectivity index (χ4n) is 3.95. The van der Waals surface area contributed by atoms with Gasteiger partial charge in [0.1, 0.15) is 27.9 Å². The van der Waals surface area contributed by atoms with Gasteiger partial charge < -0.3 is 19.9 Å². The Kier molecular flexibility index (Phi) is 6.93. The molecule has 0 aliphatic heterocycles. The van der Waals surface area contributed by atoms with E-state index in [-0.39, 0.29) is 22.6 Å². The average Bonchev–Trinajstić information content (AvgIpc) is 2.77. The van der Waals surface area contributed by atoms with Gasteiger partial charge in [-0.15, -0.1) is 0 Å². The first-order chi connectivity index (χ1) is 15.1. The van der Waals surface area contributed by atoms with Crippen LogP contribution in [0, 0.1) is 17.6 Å². The van der Waals surface area contributed by atoms with Gasteiger partial charge in [0.25, 0.3) is 5.91 Å². The molecule has 0 aromatic heterocycles. The first-order valence-electron chi connectivity index (χ1n) is 10.1. The van der Waals surface area contributed by atoms with Crippen molar-refractivity contribution in [3.63, 3.8) is 0 Å². The summed E-state index contributed by atoms with van der Waals surface area (Å²) in [6.07, 6.45) is 1.94. The standard InChI is InChI=1S/C23H24ClF2NO5/c1-12-6-8-23(9-7-12,22(29)30)27-21(28)13-4-5-16(31-2)14(10-13)18-15(25)11-17(32-3)19(24)20(18)26/h4-5,10-12H,6-9H2,1-3H3,(H,27,28)(H,29,30). The second kappa shape index (κ2) is 9.32. The van der Waals surface area contributed by atoms with Crippen LogP contribution in [0.2, 0.25) is 5.02 Å². The fourth-order valence-corrected chi connectivity index (χ4v) is 4.18. The van der Waals surface area contributed by atoms with Crippen LogP contribution in [0.25, 0.3) is 11.1 Å². The van der Waals surface area contributed by atoms with Gasteiger partial charge in [-0.2, -0.15) is 0 Å².